The second-order valence-electron chi connectivity index (χ2n) is 8.06. The Morgan fingerprint density at radius 3 is 2.83 bits per heavy atom. The van der Waals surface area contributed by atoms with Crippen molar-refractivity contribution in [2.75, 3.05) is 18.0 Å². The van der Waals surface area contributed by atoms with Crippen LogP contribution in [0.3, 0.4) is 0 Å². The lowest BCUT2D eigenvalue weighted by atomic mass is 10.1. The number of aryl methyl sites for hydroxylation is 1. The predicted molar refractivity (Wildman–Crippen MR) is 100 cm³/mol. The Kier molecular flexibility index (Phi) is 4.26. The monoisotopic (exact) mass is 402 g/mol. The molecule has 2 aromatic heterocycles. The number of hydrogen-bond donors (Lipinski definition) is 0. The van der Waals surface area contributed by atoms with Crippen molar-refractivity contribution in [1.82, 2.24) is 14.9 Å². The highest BCUT2D eigenvalue weighted by molar-refractivity contribution is 5.81. The molecule has 2 aliphatic heterocycles. The highest BCUT2D eigenvalue weighted by atomic mass is 19.4. The number of aromatic nitrogens is 2. The SMILES string of the molecule is O=C([C@@H]1CCN(c2ccnc(C(F)(F)F)c2)C1)N1Cc2ncc3c(c2C1)CCC3. The van der Waals surface area contributed by atoms with E-state index in [9.17, 15) is 18.0 Å². The van der Waals surface area contributed by atoms with Gasteiger partial charge in [-0.1, -0.05) is 0 Å². The van der Waals surface area contributed by atoms with Crippen molar-refractivity contribution in [3.8, 4) is 0 Å². The Bertz CT molecular complexity index is 975. The standard InChI is InChI=1S/C21H21F3N4O/c22-21(23,24)19-8-15(4-6-25-19)27-7-5-14(10-27)20(29)28-11-17-16-3-1-2-13(16)9-26-18(17)12-28/h4,6,8-9,14H,1-3,5,7,10-12H2/t14-/m1/s1. The molecule has 5 rings (SSSR count). The van der Waals surface area contributed by atoms with E-state index in [0.29, 0.717) is 38.3 Å². The number of nitrogens with zero attached hydrogens (tertiary/aromatic N) is 4. The van der Waals surface area contributed by atoms with Gasteiger partial charge < -0.3 is 9.80 Å². The summed E-state index contributed by atoms with van der Waals surface area (Å²) < 4.78 is 38.8. The largest absolute Gasteiger partial charge is 0.433 e. The summed E-state index contributed by atoms with van der Waals surface area (Å²) in [6.45, 7) is 2.13. The second kappa shape index (κ2) is 6.71. The molecule has 0 saturated carbocycles. The molecule has 0 spiro atoms. The average molecular weight is 402 g/mol. The summed E-state index contributed by atoms with van der Waals surface area (Å²) >= 11 is 0. The third-order valence-corrected chi connectivity index (χ3v) is 6.29. The zero-order valence-electron chi connectivity index (χ0n) is 15.9. The average Bonchev–Trinajstić information content (AvgIpc) is 3.44. The van der Waals surface area contributed by atoms with Crippen molar-refractivity contribution < 1.29 is 18.0 Å². The first kappa shape index (κ1) is 18.4. The fraction of sp³-hybridized carbons (Fsp3) is 0.476. The van der Waals surface area contributed by atoms with Crippen LogP contribution in [0.15, 0.2) is 24.5 Å². The number of fused-ring (bicyclic) bond motifs is 3. The van der Waals surface area contributed by atoms with Crippen molar-refractivity contribution in [2.24, 2.45) is 5.92 Å². The normalized spacial score (nSPS) is 20.9. The van der Waals surface area contributed by atoms with Gasteiger partial charge in [0.05, 0.1) is 18.2 Å². The Labute approximate surface area is 166 Å². The van der Waals surface area contributed by atoms with Crippen LogP contribution in [0.1, 0.15) is 40.9 Å². The molecule has 0 unspecified atom stereocenters. The molecule has 29 heavy (non-hydrogen) atoms. The molecule has 2 aromatic rings. The number of halogens is 3. The number of rotatable bonds is 2. The molecule has 1 atom stereocenters. The van der Waals surface area contributed by atoms with Crippen molar-refractivity contribution in [3.05, 3.63) is 52.6 Å². The van der Waals surface area contributed by atoms with E-state index in [1.165, 1.54) is 22.9 Å². The fourth-order valence-corrected chi connectivity index (χ4v) is 4.79. The highest BCUT2D eigenvalue weighted by Crippen LogP contribution is 2.35. The Balaban J connectivity index is 1.28. The number of hydrogen-bond acceptors (Lipinski definition) is 4. The first-order chi connectivity index (χ1) is 13.9. The lowest BCUT2D eigenvalue weighted by Crippen LogP contribution is -2.34. The van der Waals surface area contributed by atoms with Crippen molar-refractivity contribution in [3.63, 3.8) is 0 Å². The topological polar surface area (TPSA) is 49.3 Å². The second-order valence-corrected chi connectivity index (χ2v) is 8.06. The molecule has 152 valence electrons. The third-order valence-electron chi connectivity index (χ3n) is 6.29. The molecular formula is C21H21F3N4O. The van der Waals surface area contributed by atoms with Gasteiger partial charge in [0.2, 0.25) is 5.91 Å². The molecule has 1 amide bonds. The van der Waals surface area contributed by atoms with Crippen LogP contribution >= 0.6 is 0 Å². The maximum absolute atomic E-state index is 13.1. The zero-order valence-corrected chi connectivity index (χ0v) is 15.9. The molecule has 1 fully saturated rings. The van der Waals surface area contributed by atoms with Crippen LogP contribution < -0.4 is 4.90 Å². The molecule has 0 aromatic carbocycles. The number of carbonyl (C=O) groups is 1. The lowest BCUT2D eigenvalue weighted by Gasteiger charge is -2.22. The van der Waals surface area contributed by atoms with Gasteiger partial charge in [-0.15, -0.1) is 0 Å². The van der Waals surface area contributed by atoms with E-state index in [1.54, 1.807) is 6.07 Å². The number of anilines is 1. The molecule has 1 saturated heterocycles. The number of carbonyl (C=O) groups excluding carboxylic acids is 1. The van der Waals surface area contributed by atoms with Gasteiger partial charge >= 0.3 is 6.18 Å². The first-order valence-corrected chi connectivity index (χ1v) is 9.95. The summed E-state index contributed by atoms with van der Waals surface area (Å²) in [5.74, 6) is -0.137. The third kappa shape index (κ3) is 3.24. The molecule has 1 aliphatic carbocycles. The molecule has 5 nitrogen and oxygen atoms in total. The van der Waals surface area contributed by atoms with Crippen molar-refractivity contribution >= 4 is 11.6 Å². The van der Waals surface area contributed by atoms with Crippen LogP contribution in [-0.4, -0.2) is 33.9 Å². The highest BCUT2D eigenvalue weighted by Gasteiger charge is 2.37. The number of amides is 1. The molecule has 8 heteroatoms. The minimum Gasteiger partial charge on any atom is -0.371 e. The maximum Gasteiger partial charge on any atom is 0.433 e. The van der Waals surface area contributed by atoms with Gasteiger partial charge in [-0.05, 0) is 54.5 Å². The van der Waals surface area contributed by atoms with Crippen LogP contribution in [0.25, 0.3) is 0 Å². The molecule has 0 bridgehead atoms. The molecule has 0 N–H and O–H groups in total. The van der Waals surface area contributed by atoms with E-state index in [-0.39, 0.29) is 11.8 Å². The fourth-order valence-electron chi connectivity index (χ4n) is 4.79. The smallest absolute Gasteiger partial charge is 0.371 e. The Hall–Kier alpha value is -2.64. The van der Waals surface area contributed by atoms with E-state index in [1.807, 2.05) is 16.0 Å². The van der Waals surface area contributed by atoms with Gasteiger partial charge in [-0.3, -0.25) is 14.8 Å². The Morgan fingerprint density at radius 2 is 2.00 bits per heavy atom. The maximum atomic E-state index is 13.1. The van der Waals surface area contributed by atoms with Crippen LogP contribution in [0.2, 0.25) is 0 Å². The minimum absolute atomic E-state index is 0.0716. The Morgan fingerprint density at radius 1 is 1.14 bits per heavy atom. The van der Waals surface area contributed by atoms with E-state index < -0.39 is 11.9 Å². The molecular weight excluding hydrogens is 381 g/mol. The molecule has 4 heterocycles. The van der Waals surface area contributed by atoms with E-state index in [4.69, 9.17) is 0 Å². The van der Waals surface area contributed by atoms with E-state index in [0.717, 1.165) is 31.0 Å². The quantitative estimate of drug-likeness (QED) is 0.773. The van der Waals surface area contributed by atoms with Gasteiger partial charge in [0.15, 0.2) is 0 Å². The van der Waals surface area contributed by atoms with Crippen LogP contribution in [-0.2, 0) is 36.9 Å². The van der Waals surface area contributed by atoms with Crippen LogP contribution in [0, 0.1) is 5.92 Å². The van der Waals surface area contributed by atoms with Gasteiger partial charge in [0.1, 0.15) is 5.69 Å². The van der Waals surface area contributed by atoms with Crippen LogP contribution in [0.5, 0.6) is 0 Å². The number of pyridine rings is 2. The predicted octanol–water partition coefficient (Wildman–Crippen LogP) is 3.35. The van der Waals surface area contributed by atoms with E-state index >= 15 is 0 Å². The minimum atomic E-state index is -4.47. The van der Waals surface area contributed by atoms with Gasteiger partial charge in [0.25, 0.3) is 0 Å². The molecule has 0 radical (unpaired) electrons. The van der Waals surface area contributed by atoms with E-state index in [2.05, 4.69) is 9.97 Å². The summed E-state index contributed by atoms with van der Waals surface area (Å²) in [4.78, 5) is 24.8. The molecule has 3 aliphatic rings. The summed E-state index contributed by atoms with van der Waals surface area (Å²) in [6.07, 6.45) is 2.56. The zero-order chi connectivity index (χ0) is 20.2. The van der Waals surface area contributed by atoms with Crippen molar-refractivity contribution in [1.29, 1.82) is 0 Å². The summed E-state index contributed by atoms with van der Waals surface area (Å²) in [5, 5.41) is 0. The number of alkyl halides is 3. The van der Waals surface area contributed by atoms with Gasteiger partial charge in [-0.25, -0.2) is 0 Å². The lowest BCUT2D eigenvalue weighted by molar-refractivity contribution is -0.141. The van der Waals surface area contributed by atoms with Gasteiger partial charge in [-0.2, -0.15) is 13.2 Å². The first-order valence-electron chi connectivity index (χ1n) is 9.95. The van der Waals surface area contributed by atoms with Crippen LogP contribution in [0.4, 0.5) is 18.9 Å². The summed E-state index contributed by atoms with van der Waals surface area (Å²) in [7, 11) is 0. The van der Waals surface area contributed by atoms with Crippen molar-refractivity contribution in [2.45, 2.75) is 44.9 Å². The summed E-state index contributed by atoms with van der Waals surface area (Å²) in [5.41, 5.74) is 4.45. The summed E-state index contributed by atoms with van der Waals surface area (Å²) in [6, 6.07) is 2.63. The van der Waals surface area contributed by atoms with Gasteiger partial charge in [0, 0.05) is 37.7 Å².